The molecular weight excluding hydrogens is 359 g/mol. The molecule has 1 nitrogen and oxygen atoms in total. The summed E-state index contributed by atoms with van der Waals surface area (Å²) in [4.78, 5) is 0. The molecule has 0 N–H and O–H groups in total. The Morgan fingerprint density at radius 3 is 2.03 bits per heavy atom. The summed E-state index contributed by atoms with van der Waals surface area (Å²) in [6.45, 7) is 3.21. The molecule has 2 heteroatoms. The maximum absolute atomic E-state index is 14.9. The molecule has 2 aromatic carbocycles. The first-order chi connectivity index (χ1) is 14.1. The van der Waals surface area contributed by atoms with Gasteiger partial charge >= 0.3 is 0 Å². The lowest BCUT2D eigenvalue weighted by molar-refractivity contribution is 0.127. The molecule has 0 saturated heterocycles. The van der Waals surface area contributed by atoms with Crippen molar-refractivity contribution in [2.24, 2.45) is 11.8 Å². The van der Waals surface area contributed by atoms with Crippen molar-refractivity contribution in [1.82, 2.24) is 0 Å². The fraction of sp³-hybridized carbons (Fsp3) is 0.556. The zero-order chi connectivity index (χ0) is 20.2. The van der Waals surface area contributed by atoms with E-state index in [-0.39, 0.29) is 5.82 Å². The molecule has 0 spiro atoms. The second-order valence-corrected chi connectivity index (χ2v) is 9.49. The SMILES string of the molecule is COCC1CCC(c2ccc(-c3ccc(C4CCC(C)CC4)c(F)c3)cc2)CC1. The van der Waals surface area contributed by atoms with Crippen LogP contribution in [0.1, 0.15) is 81.3 Å². The third-order valence-electron chi connectivity index (χ3n) is 7.42. The van der Waals surface area contributed by atoms with E-state index in [0.717, 1.165) is 48.0 Å². The normalized spacial score (nSPS) is 27.7. The first-order valence-electron chi connectivity index (χ1n) is 11.5. The zero-order valence-electron chi connectivity index (χ0n) is 18.0. The largest absolute Gasteiger partial charge is 0.384 e. The summed E-state index contributed by atoms with van der Waals surface area (Å²) in [7, 11) is 1.80. The fourth-order valence-electron chi connectivity index (χ4n) is 5.45. The average Bonchev–Trinajstić information content (AvgIpc) is 2.75. The topological polar surface area (TPSA) is 9.23 Å². The van der Waals surface area contributed by atoms with Crippen LogP contribution >= 0.6 is 0 Å². The van der Waals surface area contributed by atoms with Crippen molar-refractivity contribution in [2.75, 3.05) is 13.7 Å². The van der Waals surface area contributed by atoms with Gasteiger partial charge in [0.1, 0.15) is 5.82 Å². The Hall–Kier alpha value is -1.67. The van der Waals surface area contributed by atoms with E-state index in [1.807, 2.05) is 6.07 Å². The molecule has 0 bridgehead atoms. The third kappa shape index (κ3) is 4.91. The lowest BCUT2D eigenvalue weighted by Crippen LogP contribution is -2.17. The van der Waals surface area contributed by atoms with Crippen LogP contribution in [-0.2, 0) is 4.74 Å². The minimum absolute atomic E-state index is 0.0254. The van der Waals surface area contributed by atoms with Crippen LogP contribution in [-0.4, -0.2) is 13.7 Å². The van der Waals surface area contributed by atoms with Gasteiger partial charge in [0, 0.05) is 13.7 Å². The predicted molar refractivity (Wildman–Crippen MR) is 119 cm³/mol. The number of hydrogen-bond acceptors (Lipinski definition) is 1. The Morgan fingerprint density at radius 2 is 1.41 bits per heavy atom. The van der Waals surface area contributed by atoms with Crippen LogP contribution in [0.3, 0.4) is 0 Å². The lowest BCUT2D eigenvalue weighted by Gasteiger charge is -2.28. The van der Waals surface area contributed by atoms with Gasteiger partial charge in [-0.25, -0.2) is 4.39 Å². The molecule has 0 amide bonds. The molecule has 0 heterocycles. The lowest BCUT2D eigenvalue weighted by atomic mass is 9.78. The van der Waals surface area contributed by atoms with Crippen molar-refractivity contribution in [3.63, 3.8) is 0 Å². The summed E-state index contributed by atoms with van der Waals surface area (Å²) in [5, 5.41) is 0. The molecule has 0 unspecified atom stereocenters. The van der Waals surface area contributed by atoms with E-state index in [1.165, 1.54) is 44.1 Å². The van der Waals surface area contributed by atoms with Crippen molar-refractivity contribution < 1.29 is 9.13 Å². The molecule has 0 atom stereocenters. The standard InChI is InChI=1S/C27H35FO/c1-19-3-7-24(8-4-19)26-16-15-25(17-27(26)28)23-13-11-22(12-14-23)21-9-5-20(6-10-21)18-29-2/h11-17,19-21,24H,3-10,18H2,1-2H3. The van der Waals surface area contributed by atoms with Crippen LogP contribution in [0.5, 0.6) is 0 Å². The van der Waals surface area contributed by atoms with Crippen LogP contribution < -0.4 is 0 Å². The van der Waals surface area contributed by atoms with Gasteiger partial charge in [-0.3, -0.25) is 0 Å². The molecule has 2 saturated carbocycles. The Kier molecular flexibility index (Phi) is 6.70. The molecular formula is C27H35FO. The highest BCUT2D eigenvalue weighted by atomic mass is 19.1. The van der Waals surface area contributed by atoms with Gasteiger partial charge in [0.25, 0.3) is 0 Å². The molecule has 29 heavy (non-hydrogen) atoms. The second-order valence-electron chi connectivity index (χ2n) is 9.49. The number of halogens is 1. The summed E-state index contributed by atoms with van der Waals surface area (Å²) >= 11 is 0. The molecule has 2 fully saturated rings. The van der Waals surface area contributed by atoms with E-state index < -0.39 is 0 Å². The van der Waals surface area contributed by atoms with Crippen molar-refractivity contribution in [3.8, 4) is 11.1 Å². The molecule has 2 aromatic rings. The number of ether oxygens (including phenoxy) is 1. The van der Waals surface area contributed by atoms with Crippen molar-refractivity contribution in [2.45, 2.75) is 70.1 Å². The maximum atomic E-state index is 14.9. The minimum Gasteiger partial charge on any atom is -0.384 e. The van der Waals surface area contributed by atoms with E-state index in [0.29, 0.717) is 11.8 Å². The van der Waals surface area contributed by atoms with Gasteiger partial charge in [-0.05, 0) is 90.5 Å². The second kappa shape index (κ2) is 9.43. The predicted octanol–water partition coefficient (Wildman–Crippen LogP) is 7.71. The average molecular weight is 395 g/mol. The van der Waals surface area contributed by atoms with Gasteiger partial charge in [0.2, 0.25) is 0 Å². The van der Waals surface area contributed by atoms with E-state index >= 15 is 0 Å². The Morgan fingerprint density at radius 1 is 0.793 bits per heavy atom. The Bertz CT molecular complexity index is 781. The zero-order valence-corrected chi connectivity index (χ0v) is 18.0. The van der Waals surface area contributed by atoms with Crippen LogP contribution in [0.2, 0.25) is 0 Å². The Balaban J connectivity index is 1.42. The first kappa shape index (κ1) is 20.6. The van der Waals surface area contributed by atoms with Crippen LogP contribution in [0.25, 0.3) is 11.1 Å². The van der Waals surface area contributed by atoms with E-state index in [2.05, 4.69) is 37.3 Å². The molecule has 2 aliphatic rings. The summed E-state index contributed by atoms with van der Waals surface area (Å²) < 4.78 is 20.2. The van der Waals surface area contributed by atoms with E-state index in [1.54, 1.807) is 13.2 Å². The molecule has 0 radical (unpaired) electrons. The third-order valence-corrected chi connectivity index (χ3v) is 7.42. The smallest absolute Gasteiger partial charge is 0.127 e. The number of methoxy groups -OCH3 is 1. The highest BCUT2D eigenvalue weighted by Gasteiger charge is 2.23. The van der Waals surface area contributed by atoms with Crippen LogP contribution in [0.15, 0.2) is 42.5 Å². The maximum Gasteiger partial charge on any atom is 0.127 e. The van der Waals surface area contributed by atoms with Crippen molar-refractivity contribution in [1.29, 1.82) is 0 Å². The highest BCUT2D eigenvalue weighted by molar-refractivity contribution is 5.64. The first-order valence-corrected chi connectivity index (χ1v) is 11.5. The van der Waals surface area contributed by atoms with Gasteiger partial charge in [-0.1, -0.05) is 56.2 Å². The van der Waals surface area contributed by atoms with Gasteiger partial charge in [0.15, 0.2) is 0 Å². The Labute approximate surface area is 175 Å². The number of rotatable bonds is 5. The number of benzene rings is 2. The van der Waals surface area contributed by atoms with Crippen molar-refractivity contribution >= 4 is 0 Å². The summed E-state index contributed by atoms with van der Waals surface area (Å²) in [6.07, 6.45) is 9.70. The summed E-state index contributed by atoms with van der Waals surface area (Å²) in [5.41, 5.74) is 4.46. The monoisotopic (exact) mass is 394 g/mol. The quantitative estimate of drug-likeness (QED) is 0.504. The molecule has 0 aliphatic heterocycles. The highest BCUT2D eigenvalue weighted by Crippen LogP contribution is 2.39. The number of hydrogen-bond donors (Lipinski definition) is 0. The molecule has 4 rings (SSSR count). The summed E-state index contributed by atoms with van der Waals surface area (Å²) in [5.74, 6) is 2.55. The summed E-state index contributed by atoms with van der Waals surface area (Å²) in [6, 6.07) is 14.8. The van der Waals surface area contributed by atoms with Gasteiger partial charge in [-0.15, -0.1) is 0 Å². The molecule has 0 aromatic heterocycles. The van der Waals surface area contributed by atoms with Crippen LogP contribution in [0, 0.1) is 17.7 Å². The van der Waals surface area contributed by atoms with E-state index in [4.69, 9.17) is 4.74 Å². The van der Waals surface area contributed by atoms with Gasteiger partial charge < -0.3 is 4.74 Å². The fourth-order valence-corrected chi connectivity index (χ4v) is 5.45. The van der Waals surface area contributed by atoms with Gasteiger partial charge in [0.05, 0.1) is 0 Å². The van der Waals surface area contributed by atoms with Gasteiger partial charge in [-0.2, -0.15) is 0 Å². The minimum atomic E-state index is -0.0254. The van der Waals surface area contributed by atoms with Crippen molar-refractivity contribution in [3.05, 3.63) is 59.4 Å². The molecule has 156 valence electrons. The van der Waals surface area contributed by atoms with E-state index in [9.17, 15) is 4.39 Å². The van der Waals surface area contributed by atoms with Crippen LogP contribution in [0.4, 0.5) is 4.39 Å². The molecule has 2 aliphatic carbocycles.